The predicted octanol–water partition coefficient (Wildman–Crippen LogP) is 5.02. The summed E-state index contributed by atoms with van der Waals surface area (Å²) in [5.74, 6) is -3.43. The molecule has 2 aromatic rings. The molecule has 0 spiro atoms. The lowest BCUT2D eigenvalue weighted by atomic mass is 9.78. The zero-order chi connectivity index (χ0) is 24.9. The summed E-state index contributed by atoms with van der Waals surface area (Å²) in [4.78, 5) is 12.7. The summed E-state index contributed by atoms with van der Waals surface area (Å²) < 4.78 is 65.5. The number of benzene rings is 2. The second-order valence-electron chi connectivity index (χ2n) is 7.59. The Morgan fingerprint density at radius 2 is 1.79 bits per heavy atom. The molecule has 1 aliphatic heterocycles. The quantitative estimate of drug-likeness (QED) is 0.451. The summed E-state index contributed by atoms with van der Waals surface area (Å²) in [5.41, 5.74) is -0.465. The SMILES string of the molecule is COCC1=C(C(=O)OC)C(c2ccc(F)cc2C(F)(F)F)C(C#N)=C(CCc2ccccc2)N1. The number of nitrogens with one attached hydrogen (secondary N) is 1. The average Bonchev–Trinajstić information content (AvgIpc) is 2.82. The van der Waals surface area contributed by atoms with Crippen LogP contribution in [0, 0.1) is 17.1 Å². The summed E-state index contributed by atoms with van der Waals surface area (Å²) in [6, 6.07) is 13.5. The fourth-order valence-corrected chi connectivity index (χ4v) is 4.00. The molecule has 5 nitrogen and oxygen atoms in total. The van der Waals surface area contributed by atoms with Crippen molar-refractivity contribution in [2.45, 2.75) is 24.9 Å². The molecule has 9 heteroatoms. The van der Waals surface area contributed by atoms with Crippen LogP contribution in [0.3, 0.4) is 0 Å². The number of rotatable bonds is 7. The van der Waals surface area contributed by atoms with Gasteiger partial charge in [-0.3, -0.25) is 0 Å². The Bertz CT molecular complexity index is 1160. The van der Waals surface area contributed by atoms with E-state index in [4.69, 9.17) is 9.47 Å². The highest BCUT2D eigenvalue weighted by Gasteiger charge is 2.42. The third kappa shape index (κ3) is 5.29. The molecule has 1 heterocycles. The minimum atomic E-state index is -4.92. The van der Waals surface area contributed by atoms with E-state index in [-0.39, 0.29) is 29.9 Å². The van der Waals surface area contributed by atoms with Crippen molar-refractivity contribution in [3.05, 3.63) is 93.6 Å². The fraction of sp³-hybridized carbons (Fsp3) is 0.280. The van der Waals surface area contributed by atoms with Crippen molar-refractivity contribution in [2.75, 3.05) is 20.8 Å². The number of dihydropyridines is 1. The van der Waals surface area contributed by atoms with Crippen LogP contribution in [0.2, 0.25) is 0 Å². The second-order valence-corrected chi connectivity index (χ2v) is 7.59. The smallest absolute Gasteiger partial charge is 0.416 e. The maximum Gasteiger partial charge on any atom is 0.416 e. The summed E-state index contributed by atoms with van der Waals surface area (Å²) in [6.07, 6.45) is -4.15. The average molecular weight is 474 g/mol. The van der Waals surface area contributed by atoms with Crippen LogP contribution in [-0.2, 0) is 26.9 Å². The first kappa shape index (κ1) is 25.0. The van der Waals surface area contributed by atoms with Crippen LogP contribution >= 0.6 is 0 Å². The number of alkyl halides is 3. The standard InChI is InChI=1S/C25H22F4N2O3/c1-33-14-21-23(24(32)34-2)22(17-10-9-16(26)12-19(17)25(27,28)29)18(13-30)20(31-21)11-8-15-6-4-3-5-7-15/h3-7,9-10,12,22,31H,8,11,14H2,1-2H3. The largest absolute Gasteiger partial charge is 0.466 e. The van der Waals surface area contributed by atoms with E-state index in [0.717, 1.165) is 24.8 Å². The maximum atomic E-state index is 13.9. The molecule has 0 fully saturated rings. The van der Waals surface area contributed by atoms with E-state index in [1.165, 1.54) is 7.11 Å². The fourth-order valence-electron chi connectivity index (χ4n) is 4.00. The Morgan fingerprint density at radius 1 is 1.09 bits per heavy atom. The van der Waals surface area contributed by atoms with E-state index in [0.29, 0.717) is 18.2 Å². The molecule has 178 valence electrons. The van der Waals surface area contributed by atoms with E-state index in [1.54, 1.807) is 0 Å². The third-order valence-electron chi connectivity index (χ3n) is 5.48. The summed E-state index contributed by atoms with van der Waals surface area (Å²) in [5, 5.41) is 13.0. The molecule has 1 unspecified atom stereocenters. The number of esters is 1. The lowest BCUT2D eigenvalue weighted by Crippen LogP contribution is -2.33. The van der Waals surface area contributed by atoms with E-state index in [2.05, 4.69) is 5.32 Å². The molecule has 0 saturated heterocycles. The number of halogens is 4. The van der Waals surface area contributed by atoms with Crippen LogP contribution < -0.4 is 5.32 Å². The maximum absolute atomic E-state index is 13.9. The number of methoxy groups -OCH3 is 2. The predicted molar refractivity (Wildman–Crippen MR) is 116 cm³/mol. The minimum Gasteiger partial charge on any atom is -0.466 e. The number of carbonyl (C=O) groups excluding carboxylic acids is 1. The Morgan fingerprint density at radius 3 is 2.38 bits per heavy atom. The van der Waals surface area contributed by atoms with Crippen LogP contribution in [0.25, 0.3) is 0 Å². The van der Waals surface area contributed by atoms with Gasteiger partial charge in [-0.2, -0.15) is 18.4 Å². The van der Waals surface area contributed by atoms with Gasteiger partial charge in [0, 0.05) is 12.8 Å². The molecular weight excluding hydrogens is 452 g/mol. The monoisotopic (exact) mass is 474 g/mol. The molecule has 0 saturated carbocycles. The van der Waals surface area contributed by atoms with Gasteiger partial charge in [-0.25, -0.2) is 9.18 Å². The van der Waals surface area contributed by atoms with Crippen molar-refractivity contribution < 1.29 is 31.8 Å². The van der Waals surface area contributed by atoms with Gasteiger partial charge in [0.05, 0.1) is 48.1 Å². The first-order valence-electron chi connectivity index (χ1n) is 10.3. The Balaban J connectivity index is 2.23. The molecule has 0 aliphatic carbocycles. The number of aryl methyl sites for hydroxylation is 1. The highest BCUT2D eigenvalue weighted by molar-refractivity contribution is 5.93. The molecule has 2 aromatic carbocycles. The summed E-state index contributed by atoms with van der Waals surface area (Å²) >= 11 is 0. The van der Waals surface area contributed by atoms with Crippen LogP contribution in [0.5, 0.6) is 0 Å². The van der Waals surface area contributed by atoms with Crippen LogP contribution in [0.4, 0.5) is 17.6 Å². The van der Waals surface area contributed by atoms with Crippen LogP contribution in [-0.4, -0.2) is 26.8 Å². The van der Waals surface area contributed by atoms with E-state index < -0.39 is 35.0 Å². The lowest BCUT2D eigenvalue weighted by Gasteiger charge is -2.32. The number of hydrogen-bond donors (Lipinski definition) is 1. The van der Waals surface area contributed by atoms with Crippen molar-refractivity contribution in [3.8, 4) is 6.07 Å². The van der Waals surface area contributed by atoms with Gasteiger partial charge in [0.15, 0.2) is 0 Å². The van der Waals surface area contributed by atoms with Gasteiger partial charge in [0.1, 0.15) is 5.82 Å². The van der Waals surface area contributed by atoms with Gasteiger partial charge < -0.3 is 14.8 Å². The van der Waals surface area contributed by atoms with Crippen LogP contribution in [0.1, 0.15) is 29.0 Å². The number of allylic oxidation sites excluding steroid dienone is 2. The number of carbonyl (C=O) groups is 1. The number of nitriles is 1. The molecule has 1 aliphatic rings. The van der Waals surface area contributed by atoms with E-state index in [9.17, 15) is 27.6 Å². The highest BCUT2D eigenvalue weighted by atomic mass is 19.4. The first-order valence-corrected chi connectivity index (χ1v) is 10.3. The van der Waals surface area contributed by atoms with Crippen molar-refractivity contribution >= 4 is 5.97 Å². The molecule has 3 rings (SSSR count). The van der Waals surface area contributed by atoms with Crippen molar-refractivity contribution in [1.82, 2.24) is 5.32 Å². The zero-order valence-electron chi connectivity index (χ0n) is 18.5. The summed E-state index contributed by atoms with van der Waals surface area (Å²) in [6.45, 7) is -0.142. The highest BCUT2D eigenvalue weighted by Crippen LogP contribution is 2.44. The van der Waals surface area contributed by atoms with Gasteiger partial charge in [-0.15, -0.1) is 0 Å². The molecule has 34 heavy (non-hydrogen) atoms. The van der Waals surface area contributed by atoms with Crippen molar-refractivity contribution in [2.24, 2.45) is 0 Å². The third-order valence-corrected chi connectivity index (χ3v) is 5.48. The minimum absolute atomic E-state index is 0.0757. The Hall–Kier alpha value is -3.64. The van der Waals surface area contributed by atoms with Gasteiger partial charge in [0.25, 0.3) is 0 Å². The summed E-state index contributed by atoms with van der Waals surface area (Å²) in [7, 11) is 2.46. The molecule has 1 atom stereocenters. The second kappa shape index (κ2) is 10.5. The van der Waals surface area contributed by atoms with Crippen molar-refractivity contribution in [1.29, 1.82) is 5.26 Å². The van der Waals surface area contributed by atoms with Gasteiger partial charge in [0.2, 0.25) is 0 Å². The van der Waals surface area contributed by atoms with Gasteiger partial charge >= 0.3 is 12.1 Å². The lowest BCUT2D eigenvalue weighted by molar-refractivity contribution is -0.139. The molecule has 0 amide bonds. The molecule has 0 bridgehead atoms. The Kier molecular flexibility index (Phi) is 7.74. The van der Waals surface area contributed by atoms with Gasteiger partial charge in [-0.05, 0) is 36.1 Å². The number of hydrogen-bond acceptors (Lipinski definition) is 5. The molecule has 0 aromatic heterocycles. The first-order chi connectivity index (χ1) is 16.2. The topological polar surface area (TPSA) is 71.3 Å². The van der Waals surface area contributed by atoms with E-state index in [1.807, 2.05) is 36.4 Å². The van der Waals surface area contributed by atoms with E-state index >= 15 is 0 Å². The zero-order valence-corrected chi connectivity index (χ0v) is 18.5. The Labute approximate surface area is 194 Å². The normalized spacial score (nSPS) is 16.2. The molecule has 0 radical (unpaired) electrons. The molecule has 1 N–H and O–H groups in total. The molecular formula is C25H22F4N2O3. The van der Waals surface area contributed by atoms with Crippen molar-refractivity contribution in [3.63, 3.8) is 0 Å². The number of nitrogens with zero attached hydrogens (tertiary/aromatic N) is 1. The van der Waals surface area contributed by atoms with Crippen LogP contribution in [0.15, 0.2) is 71.1 Å². The number of ether oxygens (including phenoxy) is 2. The van der Waals surface area contributed by atoms with Gasteiger partial charge in [-0.1, -0.05) is 36.4 Å².